The predicted octanol–water partition coefficient (Wildman–Crippen LogP) is 3.38. The molecule has 3 rings (SSSR count). The normalized spacial score (nSPS) is 11.1. The van der Waals surface area contributed by atoms with Gasteiger partial charge in [-0.15, -0.1) is 5.10 Å². The number of fused-ring (bicyclic) bond motifs is 1. The van der Waals surface area contributed by atoms with E-state index in [-0.39, 0.29) is 0 Å². The third-order valence-electron chi connectivity index (χ3n) is 3.91. The van der Waals surface area contributed by atoms with E-state index < -0.39 is 0 Å². The highest BCUT2D eigenvalue weighted by atomic mass is 15.4. The topological polar surface area (TPSA) is 59.2 Å². The SMILES string of the molecule is CCCN(CCC)c1cc(CC)nc2nc(-c3ccccn3)nn12. The standard InChI is InChI=1S/C18H24N6/c1-4-11-23(12-5-2)16-13-14(6-3)20-18-21-17(22-24(16)18)15-9-7-8-10-19-15/h7-10,13H,4-6,11-12H2,1-3H3. The van der Waals surface area contributed by atoms with Crippen LogP contribution in [0, 0.1) is 0 Å². The van der Waals surface area contributed by atoms with Crippen LogP contribution in [0.25, 0.3) is 17.3 Å². The molecule has 0 spiro atoms. The van der Waals surface area contributed by atoms with Crippen molar-refractivity contribution in [3.63, 3.8) is 0 Å². The third kappa shape index (κ3) is 3.22. The first-order chi connectivity index (χ1) is 11.8. The number of rotatable bonds is 7. The largest absolute Gasteiger partial charge is 0.356 e. The fraction of sp³-hybridized carbons (Fsp3) is 0.444. The van der Waals surface area contributed by atoms with Crippen molar-refractivity contribution in [2.24, 2.45) is 0 Å². The Kier molecular flexibility index (Phi) is 5.03. The van der Waals surface area contributed by atoms with Gasteiger partial charge in [-0.05, 0) is 31.4 Å². The molecule has 0 atom stereocenters. The van der Waals surface area contributed by atoms with Crippen LogP contribution >= 0.6 is 0 Å². The van der Waals surface area contributed by atoms with Gasteiger partial charge in [0.1, 0.15) is 11.5 Å². The lowest BCUT2D eigenvalue weighted by Crippen LogP contribution is -2.27. The lowest BCUT2D eigenvalue weighted by molar-refractivity contribution is 0.713. The first kappa shape index (κ1) is 16.4. The van der Waals surface area contributed by atoms with Crippen LogP contribution in [0.2, 0.25) is 0 Å². The van der Waals surface area contributed by atoms with E-state index >= 15 is 0 Å². The molecular weight excluding hydrogens is 300 g/mol. The first-order valence-electron chi connectivity index (χ1n) is 8.69. The summed E-state index contributed by atoms with van der Waals surface area (Å²) >= 11 is 0. The van der Waals surface area contributed by atoms with Crippen molar-refractivity contribution < 1.29 is 0 Å². The molecule has 0 fully saturated rings. The average molecular weight is 324 g/mol. The number of hydrogen-bond acceptors (Lipinski definition) is 5. The number of pyridine rings is 1. The van der Waals surface area contributed by atoms with Gasteiger partial charge in [0.25, 0.3) is 5.78 Å². The monoisotopic (exact) mass is 324 g/mol. The Hall–Kier alpha value is -2.50. The molecule has 0 saturated heterocycles. The summed E-state index contributed by atoms with van der Waals surface area (Å²) in [6, 6.07) is 7.89. The van der Waals surface area contributed by atoms with Crippen LogP contribution in [0.5, 0.6) is 0 Å². The van der Waals surface area contributed by atoms with Crippen molar-refractivity contribution in [1.82, 2.24) is 24.6 Å². The second kappa shape index (κ2) is 7.38. The molecule has 0 N–H and O–H groups in total. The predicted molar refractivity (Wildman–Crippen MR) is 96.2 cm³/mol. The maximum absolute atomic E-state index is 4.68. The van der Waals surface area contributed by atoms with E-state index in [2.05, 4.69) is 51.8 Å². The number of aryl methyl sites for hydroxylation is 1. The number of nitrogens with zero attached hydrogens (tertiary/aromatic N) is 6. The highest BCUT2D eigenvalue weighted by Crippen LogP contribution is 2.21. The molecule has 0 aliphatic rings. The molecule has 0 bridgehead atoms. The Morgan fingerprint density at radius 1 is 1.04 bits per heavy atom. The van der Waals surface area contributed by atoms with Gasteiger partial charge >= 0.3 is 0 Å². The van der Waals surface area contributed by atoms with E-state index in [9.17, 15) is 0 Å². The van der Waals surface area contributed by atoms with Gasteiger partial charge in [-0.3, -0.25) is 4.98 Å². The summed E-state index contributed by atoms with van der Waals surface area (Å²) in [5.41, 5.74) is 1.80. The molecule has 0 aliphatic heterocycles. The van der Waals surface area contributed by atoms with Crippen molar-refractivity contribution in [1.29, 1.82) is 0 Å². The van der Waals surface area contributed by atoms with Crippen LogP contribution in [0.4, 0.5) is 5.82 Å². The van der Waals surface area contributed by atoms with Gasteiger partial charge in [0, 0.05) is 31.0 Å². The van der Waals surface area contributed by atoms with Gasteiger partial charge in [0.05, 0.1) is 0 Å². The van der Waals surface area contributed by atoms with E-state index in [1.54, 1.807) is 6.20 Å². The quantitative estimate of drug-likeness (QED) is 0.667. The zero-order valence-corrected chi connectivity index (χ0v) is 14.6. The summed E-state index contributed by atoms with van der Waals surface area (Å²) in [6.07, 6.45) is 4.81. The molecule has 6 nitrogen and oxygen atoms in total. The molecule has 0 saturated carbocycles. The zero-order valence-electron chi connectivity index (χ0n) is 14.6. The van der Waals surface area contributed by atoms with Gasteiger partial charge in [-0.1, -0.05) is 26.8 Å². The molecule has 126 valence electrons. The van der Waals surface area contributed by atoms with Crippen molar-refractivity contribution in [3.05, 3.63) is 36.2 Å². The molecule has 0 amide bonds. The maximum Gasteiger partial charge on any atom is 0.254 e. The Labute approximate surface area is 142 Å². The van der Waals surface area contributed by atoms with Crippen LogP contribution in [0.1, 0.15) is 39.3 Å². The van der Waals surface area contributed by atoms with Gasteiger partial charge in [0.2, 0.25) is 5.82 Å². The van der Waals surface area contributed by atoms with Crippen LogP contribution in [0.3, 0.4) is 0 Å². The molecule has 24 heavy (non-hydrogen) atoms. The third-order valence-corrected chi connectivity index (χ3v) is 3.91. The highest BCUT2D eigenvalue weighted by molar-refractivity contribution is 5.55. The summed E-state index contributed by atoms with van der Waals surface area (Å²) in [4.78, 5) is 16.0. The van der Waals surface area contributed by atoms with Crippen LogP contribution in [-0.2, 0) is 6.42 Å². The van der Waals surface area contributed by atoms with E-state index in [0.717, 1.165) is 49.6 Å². The molecule has 0 unspecified atom stereocenters. The van der Waals surface area contributed by atoms with E-state index in [1.165, 1.54) is 0 Å². The Bertz CT molecular complexity index is 790. The lowest BCUT2D eigenvalue weighted by atomic mass is 10.3. The first-order valence-corrected chi connectivity index (χ1v) is 8.69. The Morgan fingerprint density at radius 3 is 2.46 bits per heavy atom. The van der Waals surface area contributed by atoms with E-state index in [1.807, 2.05) is 22.7 Å². The van der Waals surface area contributed by atoms with Crippen molar-refractivity contribution in [2.75, 3.05) is 18.0 Å². The molecule has 6 heteroatoms. The van der Waals surface area contributed by atoms with Gasteiger partial charge in [0.15, 0.2) is 0 Å². The van der Waals surface area contributed by atoms with Crippen LogP contribution in [-0.4, -0.2) is 37.7 Å². The second-order valence-electron chi connectivity index (χ2n) is 5.81. The molecule has 0 radical (unpaired) electrons. The molecule has 0 aromatic carbocycles. The molecule has 3 heterocycles. The summed E-state index contributed by atoms with van der Waals surface area (Å²) in [6.45, 7) is 8.50. The molecule has 3 aromatic heterocycles. The second-order valence-corrected chi connectivity index (χ2v) is 5.81. The highest BCUT2D eigenvalue weighted by Gasteiger charge is 2.16. The van der Waals surface area contributed by atoms with Gasteiger partial charge in [-0.25, -0.2) is 4.98 Å². The number of aromatic nitrogens is 5. The summed E-state index contributed by atoms with van der Waals surface area (Å²) in [5.74, 6) is 2.32. The molecular formula is C18H24N6. The zero-order chi connectivity index (χ0) is 16.9. The fourth-order valence-corrected chi connectivity index (χ4v) is 2.79. The maximum atomic E-state index is 4.68. The van der Waals surface area contributed by atoms with Gasteiger partial charge < -0.3 is 4.90 Å². The van der Waals surface area contributed by atoms with E-state index in [4.69, 9.17) is 0 Å². The smallest absolute Gasteiger partial charge is 0.254 e. The number of hydrogen-bond donors (Lipinski definition) is 0. The number of anilines is 1. The molecule has 0 aliphatic carbocycles. The minimum absolute atomic E-state index is 0.616. The fourth-order valence-electron chi connectivity index (χ4n) is 2.79. The summed E-state index contributed by atoms with van der Waals surface area (Å²) in [5, 5.41) is 4.68. The summed E-state index contributed by atoms with van der Waals surface area (Å²) in [7, 11) is 0. The average Bonchev–Trinajstić information content (AvgIpc) is 3.05. The van der Waals surface area contributed by atoms with Crippen molar-refractivity contribution >= 4 is 11.6 Å². The van der Waals surface area contributed by atoms with Crippen LogP contribution in [0.15, 0.2) is 30.5 Å². The minimum Gasteiger partial charge on any atom is -0.356 e. The minimum atomic E-state index is 0.616. The summed E-state index contributed by atoms with van der Waals surface area (Å²) < 4.78 is 1.86. The van der Waals surface area contributed by atoms with Crippen LogP contribution < -0.4 is 4.90 Å². The van der Waals surface area contributed by atoms with E-state index in [0.29, 0.717) is 11.6 Å². The Morgan fingerprint density at radius 2 is 1.83 bits per heavy atom. The molecule has 3 aromatic rings. The van der Waals surface area contributed by atoms with Gasteiger partial charge in [-0.2, -0.15) is 9.50 Å². The van der Waals surface area contributed by atoms with Crippen molar-refractivity contribution in [3.8, 4) is 11.5 Å². The van der Waals surface area contributed by atoms with Crippen molar-refractivity contribution in [2.45, 2.75) is 40.0 Å². The lowest BCUT2D eigenvalue weighted by Gasteiger charge is -2.24. The Balaban J connectivity index is 2.14.